The zero-order chi connectivity index (χ0) is 18.0. The minimum atomic E-state index is 0.0380. The molecule has 0 radical (unpaired) electrons. The molecule has 2 aromatic rings. The summed E-state index contributed by atoms with van der Waals surface area (Å²) >= 11 is 1.60. The highest BCUT2D eigenvalue weighted by atomic mass is 32.1. The summed E-state index contributed by atoms with van der Waals surface area (Å²) in [7, 11) is 1.99. The summed E-state index contributed by atoms with van der Waals surface area (Å²) in [6.07, 6.45) is 0.429. The van der Waals surface area contributed by atoms with E-state index in [-0.39, 0.29) is 17.9 Å². The molecule has 6 nitrogen and oxygen atoms in total. The molecule has 0 aliphatic carbocycles. The topological polar surface area (TPSA) is 75.5 Å². The second-order valence-corrected chi connectivity index (χ2v) is 7.70. The standard InChI is InChI=1S/C18H22N4O2S/c1-11(2)19-17(24)8-22(3)9-18-21-15(10-25-18)12-4-5-14-13(6-12)7-16(23)20-14/h4-6,10-11H,7-9H2,1-3H3,(H,19,24)(H,20,23)/p+1. The Hall–Kier alpha value is -2.25. The van der Waals surface area contributed by atoms with Gasteiger partial charge in [0.05, 0.1) is 19.2 Å². The van der Waals surface area contributed by atoms with E-state index in [1.165, 1.54) is 0 Å². The number of rotatable bonds is 6. The maximum absolute atomic E-state index is 11.8. The van der Waals surface area contributed by atoms with Crippen molar-refractivity contribution in [1.82, 2.24) is 10.3 Å². The highest BCUT2D eigenvalue weighted by Gasteiger charge is 2.19. The van der Waals surface area contributed by atoms with Crippen LogP contribution in [0.1, 0.15) is 24.4 Å². The molecule has 0 spiro atoms. The average molecular weight is 359 g/mol. The Morgan fingerprint density at radius 1 is 1.44 bits per heavy atom. The van der Waals surface area contributed by atoms with Gasteiger partial charge in [-0.25, -0.2) is 4.98 Å². The minimum Gasteiger partial charge on any atom is -0.349 e. The number of fused-ring (bicyclic) bond motifs is 1. The summed E-state index contributed by atoms with van der Waals surface area (Å²) in [4.78, 5) is 29.1. The van der Waals surface area contributed by atoms with Crippen molar-refractivity contribution in [3.63, 3.8) is 0 Å². The van der Waals surface area contributed by atoms with Crippen LogP contribution in [0.15, 0.2) is 23.6 Å². The Bertz CT molecular complexity index is 800. The van der Waals surface area contributed by atoms with Gasteiger partial charge in [0.15, 0.2) is 6.54 Å². The predicted octanol–water partition coefficient (Wildman–Crippen LogP) is 0.844. The van der Waals surface area contributed by atoms with Gasteiger partial charge in [0.1, 0.15) is 11.6 Å². The highest BCUT2D eigenvalue weighted by Crippen LogP contribution is 2.29. The number of benzene rings is 1. The van der Waals surface area contributed by atoms with Crippen molar-refractivity contribution >= 4 is 28.8 Å². The van der Waals surface area contributed by atoms with Crippen LogP contribution >= 0.6 is 11.3 Å². The molecule has 7 heteroatoms. The van der Waals surface area contributed by atoms with Crippen molar-refractivity contribution in [2.24, 2.45) is 0 Å². The molecular formula is C18H23N4O2S+. The van der Waals surface area contributed by atoms with E-state index < -0.39 is 0 Å². The fraction of sp³-hybridized carbons (Fsp3) is 0.389. The molecule has 1 aliphatic rings. The molecule has 1 aromatic carbocycles. The molecule has 0 saturated heterocycles. The number of aromatic nitrogens is 1. The number of carbonyl (C=O) groups excluding carboxylic acids is 2. The van der Waals surface area contributed by atoms with Crippen molar-refractivity contribution < 1.29 is 14.5 Å². The first kappa shape index (κ1) is 17.6. The third-order valence-electron chi connectivity index (χ3n) is 3.94. The number of nitrogens with one attached hydrogen (secondary N) is 3. The Morgan fingerprint density at radius 2 is 2.24 bits per heavy atom. The van der Waals surface area contributed by atoms with Crippen LogP contribution in [0.2, 0.25) is 0 Å². The summed E-state index contributed by atoms with van der Waals surface area (Å²) < 4.78 is 0. The van der Waals surface area contributed by atoms with E-state index >= 15 is 0 Å². The Balaban J connectivity index is 1.64. The quantitative estimate of drug-likeness (QED) is 0.716. The molecule has 3 N–H and O–H groups in total. The van der Waals surface area contributed by atoms with Crippen LogP contribution < -0.4 is 15.5 Å². The van der Waals surface area contributed by atoms with Crippen LogP contribution in [0.3, 0.4) is 0 Å². The van der Waals surface area contributed by atoms with Crippen LogP contribution in [-0.4, -0.2) is 36.4 Å². The van der Waals surface area contributed by atoms with Crippen molar-refractivity contribution in [1.29, 1.82) is 0 Å². The second-order valence-electron chi connectivity index (χ2n) is 6.76. The maximum Gasteiger partial charge on any atom is 0.275 e. The average Bonchev–Trinajstić information content (AvgIpc) is 3.10. The van der Waals surface area contributed by atoms with E-state index in [2.05, 4.69) is 10.6 Å². The largest absolute Gasteiger partial charge is 0.349 e. The fourth-order valence-electron chi connectivity index (χ4n) is 2.88. The van der Waals surface area contributed by atoms with Gasteiger partial charge >= 0.3 is 0 Å². The SMILES string of the molecule is CC(C)NC(=O)C[NH+](C)Cc1nc(-c2ccc3c(c2)CC(=O)N3)cs1. The zero-order valence-corrected chi connectivity index (χ0v) is 15.5. The summed E-state index contributed by atoms with van der Waals surface area (Å²) in [6.45, 7) is 5.06. The first-order valence-corrected chi connectivity index (χ1v) is 9.27. The van der Waals surface area contributed by atoms with Crippen LogP contribution in [-0.2, 0) is 22.6 Å². The maximum atomic E-state index is 11.8. The first-order valence-electron chi connectivity index (χ1n) is 8.39. The molecule has 0 saturated carbocycles. The third kappa shape index (κ3) is 4.43. The lowest BCUT2D eigenvalue weighted by atomic mass is 10.1. The molecule has 0 fully saturated rings. The molecule has 25 heavy (non-hydrogen) atoms. The number of likely N-dealkylation sites (N-methyl/N-ethyl adjacent to an activating group) is 1. The van der Waals surface area contributed by atoms with Gasteiger partial charge in [-0.15, -0.1) is 11.3 Å². The van der Waals surface area contributed by atoms with Gasteiger partial charge in [0.2, 0.25) is 5.91 Å². The highest BCUT2D eigenvalue weighted by molar-refractivity contribution is 7.09. The Labute approximate surface area is 151 Å². The van der Waals surface area contributed by atoms with Crippen molar-refractivity contribution in [2.75, 3.05) is 18.9 Å². The van der Waals surface area contributed by atoms with E-state index in [9.17, 15) is 9.59 Å². The number of hydrogen-bond acceptors (Lipinski definition) is 4. The number of thiazole rings is 1. The van der Waals surface area contributed by atoms with Gasteiger partial charge in [-0.1, -0.05) is 6.07 Å². The Morgan fingerprint density at radius 3 is 3.00 bits per heavy atom. The number of nitrogens with zero attached hydrogens (tertiary/aromatic N) is 1. The second kappa shape index (κ2) is 7.33. The van der Waals surface area contributed by atoms with Crippen LogP contribution in [0, 0.1) is 0 Å². The van der Waals surface area contributed by atoms with Gasteiger partial charge in [-0.2, -0.15) is 0 Å². The molecule has 1 aliphatic heterocycles. The smallest absolute Gasteiger partial charge is 0.275 e. The lowest BCUT2D eigenvalue weighted by Crippen LogP contribution is -3.09. The zero-order valence-electron chi connectivity index (χ0n) is 14.7. The van der Waals surface area contributed by atoms with Gasteiger partial charge < -0.3 is 15.5 Å². The molecule has 132 valence electrons. The predicted molar refractivity (Wildman–Crippen MR) is 98.6 cm³/mol. The molecular weight excluding hydrogens is 336 g/mol. The van der Waals surface area contributed by atoms with Crippen molar-refractivity contribution in [3.8, 4) is 11.3 Å². The number of amides is 2. The summed E-state index contributed by atoms with van der Waals surface area (Å²) in [5.74, 6) is 0.0936. The number of anilines is 1. The van der Waals surface area contributed by atoms with Crippen molar-refractivity contribution in [2.45, 2.75) is 32.9 Å². The minimum absolute atomic E-state index is 0.0380. The van der Waals surface area contributed by atoms with Gasteiger partial charge in [-0.05, 0) is 31.5 Å². The van der Waals surface area contributed by atoms with E-state index in [1.54, 1.807) is 11.3 Å². The van der Waals surface area contributed by atoms with Gasteiger partial charge in [0.25, 0.3) is 5.91 Å². The summed E-state index contributed by atoms with van der Waals surface area (Å²) in [5.41, 5.74) is 3.85. The van der Waals surface area contributed by atoms with Gasteiger partial charge in [-0.3, -0.25) is 9.59 Å². The Kier molecular flexibility index (Phi) is 5.15. The first-order chi connectivity index (χ1) is 11.9. The molecule has 1 aromatic heterocycles. The van der Waals surface area contributed by atoms with E-state index in [0.29, 0.717) is 19.5 Å². The van der Waals surface area contributed by atoms with E-state index in [1.807, 2.05) is 44.5 Å². The van der Waals surface area contributed by atoms with E-state index in [4.69, 9.17) is 4.98 Å². The molecule has 0 bridgehead atoms. The van der Waals surface area contributed by atoms with Crippen LogP contribution in [0.25, 0.3) is 11.3 Å². The molecule has 1 unspecified atom stereocenters. The summed E-state index contributed by atoms with van der Waals surface area (Å²) in [6, 6.07) is 6.10. The monoisotopic (exact) mass is 359 g/mol. The van der Waals surface area contributed by atoms with E-state index in [0.717, 1.165) is 32.4 Å². The summed E-state index contributed by atoms with van der Waals surface area (Å²) in [5, 5.41) is 8.78. The van der Waals surface area contributed by atoms with Gasteiger partial charge in [0, 0.05) is 22.7 Å². The van der Waals surface area contributed by atoms with Crippen LogP contribution in [0.5, 0.6) is 0 Å². The lowest BCUT2D eigenvalue weighted by molar-refractivity contribution is -0.885. The van der Waals surface area contributed by atoms with Crippen LogP contribution in [0.4, 0.5) is 5.69 Å². The number of hydrogen-bond donors (Lipinski definition) is 3. The lowest BCUT2D eigenvalue weighted by Gasteiger charge is -2.13. The fourth-order valence-corrected chi connectivity index (χ4v) is 3.80. The number of quaternary nitrogens is 1. The number of carbonyl (C=O) groups is 2. The molecule has 2 heterocycles. The third-order valence-corrected chi connectivity index (χ3v) is 4.79. The molecule has 3 rings (SSSR count). The molecule has 2 amide bonds. The van der Waals surface area contributed by atoms with Crippen molar-refractivity contribution in [3.05, 3.63) is 34.2 Å². The molecule has 1 atom stereocenters. The normalized spacial score (nSPS) is 14.3.